The van der Waals surface area contributed by atoms with E-state index in [9.17, 15) is 14.7 Å². The van der Waals surface area contributed by atoms with Crippen LogP contribution in [0.5, 0.6) is 0 Å². The Labute approximate surface area is 137 Å². The molecule has 4 aliphatic rings. The van der Waals surface area contributed by atoms with E-state index >= 15 is 0 Å². The van der Waals surface area contributed by atoms with Crippen LogP contribution in [0.15, 0.2) is 11.6 Å². The smallest absolute Gasteiger partial charge is 0.341 e. The van der Waals surface area contributed by atoms with Crippen molar-refractivity contribution in [3.63, 3.8) is 0 Å². The van der Waals surface area contributed by atoms with Crippen molar-refractivity contribution in [3.05, 3.63) is 11.6 Å². The molecule has 4 heteroatoms. The number of aliphatic carboxylic acids is 1. The summed E-state index contributed by atoms with van der Waals surface area (Å²) in [5, 5.41) is 12.4. The second-order valence-electron chi connectivity index (χ2n) is 8.79. The van der Waals surface area contributed by atoms with Crippen LogP contribution < -0.4 is 5.32 Å². The highest BCUT2D eigenvalue weighted by molar-refractivity contribution is 6.16. The van der Waals surface area contributed by atoms with E-state index in [0.29, 0.717) is 17.3 Å². The van der Waals surface area contributed by atoms with Crippen molar-refractivity contribution >= 4 is 11.9 Å². The molecule has 0 spiro atoms. The van der Waals surface area contributed by atoms with Crippen LogP contribution in [0, 0.1) is 28.6 Å². The van der Waals surface area contributed by atoms with E-state index in [0.717, 1.165) is 12.3 Å². The molecule has 0 saturated heterocycles. The zero-order chi connectivity index (χ0) is 16.4. The molecule has 23 heavy (non-hydrogen) atoms. The highest BCUT2D eigenvalue weighted by Crippen LogP contribution is 2.63. The van der Waals surface area contributed by atoms with Crippen molar-refractivity contribution in [2.45, 2.75) is 64.8 Å². The van der Waals surface area contributed by atoms with Crippen molar-refractivity contribution in [2.24, 2.45) is 28.6 Å². The number of carboxylic acids is 1. The van der Waals surface area contributed by atoms with Crippen LogP contribution in [0.1, 0.15) is 58.8 Å². The highest BCUT2D eigenvalue weighted by Gasteiger charge is 2.58. The molecule has 3 saturated carbocycles. The summed E-state index contributed by atoms with van der Waals surface area (Å²) in [7, 11) is 0. The maximum Gasteiger partial charge on any atom is 0.341 e. The van der Waals surface area contributed by atoms with Crippen molar-refractivity contribution in [3.8, 4) is 0 Å². The van der Waals surface area contributed by atoms with E-state index < -0.39 is 11.9 Å². The van der Waals surface area contributed by atoms with Crippen molar-refractivity contribution in [1.82, 2.24) is 5.32 Å². The van der Waals surface area contributed by atoms with Gasteiger partial charge >= 0.3 is 5.97 Å². The number of carboxylic acid groups (broad SMARTS) is 1. The Balaban J connectivity index is 1.73. The molecule has 0 aromatic carbocycles. The van der Waals surface area contributed by atoms with Crippen molar-refractivity contribution in [1.29, 1.82) is 0 Å². The fourth-order valence-electron chi connectivity index (χ4n) is 6.59. The molecule has 4 rings (SSSR count). The lowest BCUT2D eigenvalue weighted by molar-refractivity contribution is -0.137. The third-order valence-electron chi connectivity index (χ3n) is 7.79. The first-order valence-corrected chi connectivity index (χ1v) is 9.12. The zero-order valence-electron chi connectivity index (χ0n) is 14.1. The molecule has 2 N–H and O–H groups in total. The standard InChI is InChI=1S/C19H27NO3/c1-18-8-3-4-13(18)11-5-6-15-19(2,14(11)7-9-18)10-12(17(22)23)16(21)20-15/h10-11,13-15H,3-9H2,1-2H3,(H,20,21)(H,22,23)/t11-,13-,14+,15?,18-,19+/m0/s1. The molecule has 1 unspecified atom stereocenters. The van der Waals surface area contributed by atoms with Gasteiger partial charge in [-0.15, -0.1) is 0 Å². The summed E-state index contributed by atoms with van der Waals surface area (Å²) in [6.07, 6.45) is 10.4. The van der Waals surface area contributed by atoms with Crippen LogP contribution >= 0.6 is 0 Å². The Morgan fingerprint density at radius 3 is 2.70 bits per heavy atom. The fourth-order valence-corrected chi connectivity index (χ4v) is 6.59. The Hall–Kier alpha value is -1.32. The monoisotopic (exact) mass is 317 g/mol. The average molecular weight is 317 g/mol. The lowest BCUT2D eigenvalue weighted by atomic mass is 9.48. The van der Waals surface area contributed by atoms with Gasteiger partial charge in [-0.3, -0.25) is 4.79 Å². The predicted molar refractivity (Wildman–Crippen MR) is 86.7 cm³/mol. The normalized spacial score (nSPS) is 48.6. The van der Waals surface area contributed by atoms with Gasteiger partial charge in [0.05, 0.1) is 0 Å². The molecule has 3 aliphatic carbocycles. The number of hydrogen-bond donors (Lipinski definition) is 2. The van der Waals surface area contributed by atoms with Gasteiger partial charge in [-0.25, -0.2) is 4.79 Å². The van der Waals surface area contributed by atoms with Crippen LogP contribution in [0.25, 0.3) is 0 Å². The van der Waals surface area contributed by atoms with E-state index in [4.69, 9.17) is 0 Å². The molecule has 1 aliphatic heterocycles. The van der Waals surface area contributed by atoms with Gasteiger partial charge in [0.25, 0.3) is 5.91 Å². The molecule has 3 fully saturated rings. The van der Waals surface area contributed by atoms with Gasteiger partial charge in [-0.1, -0.05) is 26.3 Å². The summed E-state index contributed by atoms with van der Waals surface area (Å²) in [6.45, 7) is 4.66. The number of rotatable bonds is 1. The van der Waals surface area contributed by atoms with Crippen LogP contribution in [0.4, 0.5) is 0 Å². The lowest BCUT2D eigenvalue weighted by Crippen LogP contribution is -2.60. The van der Waals surface area contributed by atoms with E-state index in [-0.39, 0.29) is 17.0 Å². The van der Waals surface area contributed by atoms with Crippen LogP contribution in [0.3, 0.4) is 0 Å². The Morgan fingerprint density at radius 1 is 1.17 bits per heavy atom. The molecule has 126 valence electrons. The number of hydrogen-bond acceptors (Lipinski definition) is 2. The van der Waals surface area contributed by atoms with Gasteiger partial charge in [0.1, 0.15) is 5.57 Å². The summed E-state index contributed by atoms with van der Waals surface area (Å²) in [4.78, 5) is 23.5. The maximum absolute atomic E-state index is 12.1. The average Bonchev–Trinajstić information content (AvgIpc) is 2.89. The molecule has 1 heterocycles. The first kappa shape index (κ1) is 15.2. The van der Waals surface area contributed by atoms with Crippen LogP contribution in [-0.2, 0) is 9.59 Å². The minimum Gasteiger partial charge on any atom is -0.478 e. The number of carbonyl (C=O) groups excluding carboxylic acids is 1. The van der Waals surface area contributed by atoms with E-state index in [1.54, 1.807) is 0 Å². The van der Waals surface area contributed by atoms with Crippen LogP contribution in [-0.4, -0.2) is 23.0 Å². The quantitative estimate of drug-likeness (QED) is 0.730. The Morgan fingerprint density at radius 2 is 1.96 bits per heavy atom. The van der Waals surface area contributed by atoms with E-state index in [1.165, 1.54) is 38.5 Å². The number of amides is 1. The van der Waals surface area contributed by atoms with Crippen molar-refractivity contribution in [2.75, 3.05) is 0 Å². The lowest BCUT2D eigenvalue weighted by Gasteiger charge is -2.58. The zero-order valence-corrected chi connectivity index (χ0v) is 14.1. The minimum atomic E-state index is -1.09. The minimum absolute atomic E-state index is 0.0517. The summed E-state index contributed by atoms with van der Waals surface area (Å²) < 4.78 is 0. The van der Waals surface area contributed by atoms with Gasteiger partial charge < -0.3 is 10.4 Å². The van der Waals surface area contributed by atoms with Gasteiger partial charge in [0, 0.05) is 11.5 Å². The SMILES string of the molecule is C[C@@]12CCC[C@H]1[C@@H]1CCC3NC(=O)C(C(=O)O)=C[C@]3(C)[C@@H]1CC2. The largest absolute Gasteiger partial charge is 0.478 e. The molecule has 0 aromatic heterocycles. The third-order valence-corrected chi connectivity index (χ3v) is 7.79. The topological polar surface area (TPSA) is 66.4 Å². The van der Waals surface area contributed by atoms with Gasteiger partial charge in [-0.05, 0) is 61.7 Å². The fraction of sp³-hybridized carbons (Fsp3) is 0.789. The summed E-state index contributed by atoms with van der Waals surface area (Å²) in [5.41, 5.74) is 0.250. The summed E-state index contributed by atoms with van der Waals surface area (Å²) in [5.74, 6) is 0.496. The maximum atomic E-state index is 12.1. The number of fused-ring (bicyclic) bond motifs is 5. The Bertz CT molecular complexity index is 597. The van der Waals surface area contributed by atoms with Gasteiger partial charge in [-0.2, -0.15) is 0 Å². The first-order chi connectivity index (χ1) is 10.8. The predicted octanol–water partition coefficient (Wildman–Crippen LogP) is 3.13. The molecule has 4 nitrogen and oxygen atoms in total. The molecular formula is C19H27NO3. The highest BCUT2D eigenvalue weighted by atomic mass is 16.4. The summed E-state index contributed by atoms with van der Waals surface area (Å²) in [6, 6.07) is 0.102. The number of carbonyl (C=O) groups is 2. The first-order valence-electron chi connectivity index (χ1n) is 9.12. The van der Waals surface area contributed by atoms with E-state index in [1.807, 2.05) is 6.08 Å². The van der Waals surface area contributed by atoms with E-state index in [2.05, 4.69) is 19.2 Å². The number of nitrogens with one attached hydrogen (secondary N) is 1. The third kappa shape index (κ3) is 2.03. The molecular weight excluding hydrogens is 290 g/mol. The second kappa shape index (κ2) is 4.84. The molecule has 0 radical (unpaired) electrons. The Kier molecular flexibility index (Phi) is 3.20. The molecule has 1 amide bonds. The molecule has 0 aromatic rings. The molecule has 6 atom stereocenters. The second-order valence-corrected chi connectivity index (χ2v) is 8.79. The van der Waals surface area contributed by atoms with Gasteiger partial charge in [0.15, 0.2) is 0 Å². The van der Waals surface area contributed by atoms with Crippen molar-refractivity contribution < 1.29 is 14.7 Å². The van der Waals surface area contributed by atoms with Crippen LogP contribution in [0.2, 0.25) is 0 Å². The molecule has 0 bridgehead atoms. The summed E-state index contributed by atoms with van der Waals surface area (Å²) >= 11 is 0. The van der Waals surface area contributed by atoms with Gasteiger partial charge in [0.2, 0.25) is 0 Å².